The molecule has 0 saturated heterocycles. The summed E-state index contributed by atoms with van der Waals surface area (Å²) >= 11 is 0. The van der Waals surface area contributed by atoms with Gasteiger partial charge in [0.2, 0.25) is 0 Å². The zero-order chi connectivity index (χ0) is 16.7. The lowest BCUT2D eigenvalue weighted by molar-refractivity contribution is 0.0587. The van der Waals surface area contributed by atoms with E-state index >= 15 is 0 Å². The summed E-state index contributed by atoms with van der Waals surface area (Å²) in [5.74, 6) is -0.181. The third kappa shape index (κ3) is 4.87. The lowest BCUT2D eigenvalue weighted by Crippen LogP contribution is -2.29. The molecule has 1 unspecified atom stereocenters. The summed E-state index contributed by atoms with van der Waals surface area (Å²) in [5.41, 5.74) is 3.09. The van der Waals surface area contributed by atoms with Crippen molar-refractivity contribution >= 4 is 5.91 Å². The second-order valence-corrected chi connectivity index (χ2v) is 5.35. The maximum atomic E-state index is 12.2. The summed E-state index contributed by atoms with van der Waals surface area (Å²) in [6.07, 6.45) is -0.117. The number of rotatable bonds is 7. The number of benzene rings is 1. The van der Waals surface area contributed by atoms with E-state index in [2.05, 4.69) is 10.3 Å². The van der Waals surface area contributed by atoms with Gasteiger partial charge in [0.05, 0.1) is 29.7 Å². The molecule has 0 aliphatic heterocycles. The first kappa shape index (κ1) is 17.1. The van der Waals surface area contributed by atoms with Gasteiger partial charge in [-0.2, -0.15) is 0 Å². The maximum Gasteiger partial charge on any atom is 0.253 e. The number of amides is 1. The van der Waals surface area contributed by atoms with Crippen LogP contribution < -0.4 is 5.32 Å². The number of methoxy groups -OCH3 is 1. The Morgan fingerprint density at radius 3 is 2.65 bits per heavy atom. The molecule has 0 saturated carbocycles. The molecule has 0 spiro atoms. The quantitative estimate of drug-likeness (QED) is 0.822. The van der Waals surface area contributed by atoms with Crippen molar-refractivity contribution in [1.82, 2.24) is 10.3 Å². The number of carbonyl (C=O) groups is 1. The van der Waals surface area contributed by atoms with E-state index in [1.807, 2.05) is 43.3 Å². The first-order valence-electron chi connectivity index (χ1n) is 7.60. The predicted molar refractivity (Wildman–Crippen MR) is 89.2 cm³/mol. The summed E-state index contributed by atoms with van der Waals surface area (Å²) in [5, 5.41) is 12.4. The first-order chi connectivity index (χ1) is 11.1. The standard InChI is InChI=1S/C18H22N2O3/c1-13-16(18(22)19-11-10-15(21)12-23-2)8-9-17(20-13)14-6-4-3-5-7-14/h3-9,15,21H,10-12H2,1-2H3,(H,19,22). The Balaban J connectivity index is 1.99. The van der Waals surface area contributed by atoms with Crippen molar-refractivity contribution in [1.29, 1.82) is 0 Å². The van der Waals surface area contributed by atoms with E-state index in [1.165, 1.54) is 7.11 Å². The fourth-order valence-electron chi connectivity index (χ4n) is 2.29. The molecule has 0 aliphatic rings. The molecular weight excluding hydrogens is 292 g/mol. The number of carbonyl (C=O) groups excluding carboxylic acids is 1. The number of ether oxygens (including phenoxy) is 1. The van der Waals surface area contributed by atoms with Crippen molar-refractivity contribution in [2.45, 2.75) is 19.4 Å². The Morgan fingerprint density at radius 1 is 1.26 bits per heavy atom. The number of nitrogens with zero attached hydrogens (tertiary/aromatic N) is 1. The molecule has 5 nitrogen and oxygen atoms in total. The van der Waals surface area contributed by atoms with Crippen molar-refractivity contribution in [2.75, 3.05) is 20.3 Å². The summed E-state index contributed by atoms with van der Waals surface area (Å²) in [7, 11) is 1.53. The number of aliphatic hydroxyl groups is 1. The van der Waals surface area contributed by atoms with Crippen molar-refractivity contribution in [3.05, 3.63) is 53.7 Å². The van der Waals surface area contributed by atoms with Crippen LogP contribution in [0, 0.1) is 6.92 Å². The van der Waals surface area contributed by atoms with Crippen LogP contribution in [0.5, 0.6) is 0 Å². The maximum absolute atomic E-state index is 12.2. The molecule has 23 heavy (non-hydrogen) atoms. The van der Waals surface area contributed by atoms with Gasteiger partial charge in [-0.3, -0.25) is 9.78 Å². The van der Waals surface area contributed by atoms with Crippen molar-refractivity contribution in [3.63, 3.8) is 0 Å². The van der Waals surface area contributed by atoms with Gasteiger partial charge in [-0.1, -0.05) is 30.3 Å². The number of pyridine rings is 1. The molecule has 2 N–H and O–H groups in total. The van der Waals surface area contributed by atoms with Crippen LogP contribution in [-0.2, 0) is 4.74 Å². The van der Waals surface area contributed by atoms with Crippen LogP contribution in [0.25, 0.3) is 11.3 Å². The van der Waals surface area contributed by atoms with Gasteiger partial charge >= 0.3 is 0 Å². The highest BCUT2D eigenvalue weighted by Gasteiger charge is 2.12. The van der Waals surface area contributed by atoms with Crippen LogP contribution in [0.2, 0.25) is 0 Å². The molecule has 5 heteroatoms. The molecule has 2 aromatic rings. The molecule has 1 heterocycles. The van der Waals surface area contributed by atoms with E-state index in [9.17, 15) is 9.90 Å². The number of nitrogens with one attached hydrogen (secondary N) is 1. The number of hydrogen-bond donors (Lipinski definition) is 2. The van der Waals surface area contributed by atoms with Gasteiger partial charge in [0.25, 0.3) is 5.91 Å². The average Bonchev–Trinajstić information content (AvgIpc) is 2.55. The van der Waals surface area contributed by atoms with Gasteiger partial charge in [-0.25, -0.2) is 0 Å². The van der Waals surface area contributed by atoms with Gasteiger partial charge in [0, 0.05) is 19.2 Å². The third-order valence-electron chi connectivity index (χ3n) is 3.52. The monoisotopic (exact) mass is 314 g/mol. The highest BCUT2D eigenvalue weighted by Crippen LogP contribution is 2.18. The minimum atomic E-state index is -0.569. The molecule has 0 radical (unpaired) electrons. The fraction of sp³-hybridized carbons (Fsp3) is 0.333. The second-order valence-electron chi connectivity index (χ2n) is 5.35. The van der Waals surface area contributed by atoms with Gasteiger partial charge in [-0.15, -0.1) is 0 Å². The summed E-state index contributed by atoms with van der Waals surface area (Å²) in [4.78, 5) is 16.7. The molecule has 1 amide bonds. The molecule has 0 fully saturated rings. The summed E-state index contributed by atoms with van der Waals surface area (Å²) in [6, 6.07) is 13.5. The number of aliphatic hydroxyl groups excluding tert-OH is 1. The molecule has 1 atom stereocenters. The molecule has 122 valence electrons. The summed E-state index contributed by atoms with van der Waals surface area (Å²) < 4.78 is 4.85. The molecule has 0 aliphatic carbocycles. The second kappa shape index (κ2) is 8.41. The lowest BCUT2D eigenvalue weighted by Gasteiger charge is -2.11. The van der Waals surface area contributed by atoms with Gasteiger partial charge in [-0.05, 0) is 25.5 Å². The van der Waals surface area contributed by atoms with Gasteiger partial charge in [0.1, 0.15) is 0 Å². The Hall–Kier alpha value is -2.24. The minimum Gasteiger partial charge on any atom is -0.391 e. The minimum absolute atomic E-state index is 0.181. The highest BCUT2D eigenvalue weighted by atomic mass is 16.5. The van der Waals surface area contributed by atoms with Gasteiger partial charge in [0.15, 0.2) is 0 Å². The van der Waals surface area contributed by atoms with Crippen LogP contribution >= 0.6 is 0 Å². The first-order valence-corrected chi connectivity index (χ1v) is 7.60. The van der Waals surface area contributed by atoms with Crippen molar-refractivity contribution < 1.29 is 14.6 Å². The van der Waals surface area contributed by atoms with Crippen LogP contribution in [0.3, 0.4) is 0 Å². The average molecular weight is 314 g/mol. The molecule has 1 aromatic carbocycles. The lowest BCUT2D eigenvalue weighted by atomic mass is 10.1. The summed E-state index contributed by atoms with van der Waals surface area (Å²) in [6.45, 7) is 2.48. The van der Waals surface area contributed by atoms with E-state index in [0.29, 0.717) is 24.2 Å². The Bertz CT molecular complexity index is 644. The van der Waals surface area contributed by atoms with Crippen LogP contribution in [-0.4, -0.2) is 42.4 Å². The van der Waals surface area contributed by atoms with Crippen molar-refractivity contribution in [3.8, 4) is 11.3 Å². The normalized spacial score (nSPS) is 12.0. The van der Waals surface area contributed by atoms with Crippen molar-refractivity contribution in [2.24, 2.45) is 0 Å². The molecule has 1 aromatic heterocycles. The zero-order valence-electron chi connectivity index (χ0n) is 13.5. The van der Waals surface area contributed by atoms with E-state index in [-0.39, 0.29) is 12.5 Å². The Kier molecular flexibility index (Phi) is 6.26. The SMILES string of the molecule is COCC(O)CCNC(=O)c1ccc(-c2ccccc2)nc1C. The molecular formula is C18H22N2O3. The van der Waals surface area contributed by atoms with Crippen LogP contribution in [0.4, 0.5) is 0 Å². The smallest absolute Gasteiger partial charge is 0.253 e. The number of hydrogen-bond acceptors (Lipinski definition) is 4. The molecule has 2 rings (SSSR count). The zero-order valence-corrected chi connectivity index (χ0v) is 13.5. The van der Waals surface area contributed by atoms with Crippen LogP contribution in [0.1, 0.15) is 22.5 Å². The topological polar surface area (TPSA) is 71.5 Å². The van der Waals surface area contributed by atoms with E-state index < -0.39 is 6.10 Å². The molecule has 0 bridgehead atoms. The third-order valence-corrected chi connectivity index (χ3v) is 3.52. The van der Waals surface area contributed by atoms with E-state index in [1.54, 1.807) is 6.07 Å². The largest absolute Gasteiger partial charge is 0.391 e. The Morgan fingerprint density at radius 2 is 2.00 bits per heavy atom. The predicted octanol–water partition coefficient (Wildman–Crippen LogP) is 2.18. The van der Waals surface area contributed by atoms with Gasteiger partial charge < -0.3 is 15.2 Å². The fourth-order valence-corrected chi connectivity index (χ4v) is 2.29. The number of aromatic nitrogens is 1. The van der Waals surface area contributed by atoms with Crippen LogP contribution in [0.15, 0.2) is 42.5 Å². The number of aryl methyl sites for hydroxylation is 1. The highest BCUT2D eigenvalue weighted by molar-refractivity contribution is 5.95. The van der Waals surface area contributed by atoms with E-state index in [4.69, 9.17) is 4.74 Å². The van der Waals surface area contributed by atoms with E-state index in [0.717, 1.165) is 11.3 Å². The Labute approximate surface area is 136 Å².